The first kappa shape index (κ1) is 11.5. The molecule has 0 radical (unpaired) electrons. The van der Waals surface area contributed by atoms with Crippen molar-refractivity contribution in [1.29, 1.82) is 0 Å². The first-order valence-electron chi connectivity index (χ1n) is 4.08. The van der Waals surface area contributed by atoms with Gasteiger partial charge >= 0.3 is 0 Å². The van der Waals surface area contributed by atoms with Crippen molar-refractivity contribution in [3.8, 4) is 0 Å². The van der Waals surface area contributed by atoms with Crippen LogP contribution in [0.25, 0.3) is 0 Å². The summed E-state index contributed by atoms with van der Waals surface area (Å²) in [6.45, 7) is 3.93. The van der Waals surface area contributed by atoms with Gasteiger partial charge in [0.1, 0.15) is 4.66 Å². The molecule has 0 unspecified atom stereocenters. The van der Waals surface area contributed by atoms with Crippen LogP contribution in [0.15, 0.2) is 18.2 Å². The van der Waals surface area contributed by atoms with E-state index in [2.05, 4.69) is 20.7 Å². The van der Waals surface area contributed by atoms with E-state index in [1.807, 2.05) is 26.0 Å². The molecule has 3 nitrogen and oxygen atoms in total. The van der Waals surface area contributed by atoms with E-state index in [9.17, 15) is 8.42 Å². The van der Waals surface area contributed by atoms with Gasteiger partial charge in [-0.25, -0.2) is 8.42 Å². The van der Waals surface area contributed by atoms with Crippen LogP contribution in [-0.4, -0.2) is 13.1 Å². The molecular formula is C9H12BrNO2S. The maximum absolute atomic E-state index is 11.2. The Hall–Kier alpha value is -0.550. The van der Waals surface area contributed by atoms with Crippen molar-refractivity contribution in [2.75, 3.05) is 9.38 Å². The molecule has 0 atom stereocenters. The number of anilines is 1. The molecule has 0 saturated heterocycles. The molecule has 0 heterocycles. The Balaban J connectivity index is 2.94. The first-order chi connectivity index (χ1) is 6.44. The lowest BCUT2D eigenvalue weighted by Crippen LogP contribution is -2.13. The fraction of sp³-hybridized carbons (Fsp3) is 0.333. The molecule has 1 aromatic carbocycles. The molecule has 78 valence electrons. The first-order valence-corrected chi connectivity index (χ1v) is 6.86. The largest absolute Gasteiger partial charge is 0.283 e. The molecule has 0 aliphatic rings. The summed E-state index contributed by atoms with van der Waals surface area (Å²) in [6.07, 6.45) is 0. The average Bonchev–Trinajstić information content (AvgIpc) is 2.11. The lowest BCUT2D eigenvalue weighted by molar-refractivity contribution is 0.606. The van der Waals surface area contributed by atoms with E-state index in [0.717, 1.165) is 11.1 Å². The van der Waals surface area contributed by atoms with Gasteiger partial charge in [-0.3, -0.25) is 4.72 Å². The van der Waals surface area contributed by atoms with Crippen LogP contribution in [0, 0.1) is 13.8 Å². The summed E-state index contributed by atoms with van der Waals surface area (Å²) < 4.78 is 24.8. The molecule has 0 saturated carbocycles. The van der Waals surface area contributed by atoms with Crippen LogP contribution < -0.4 is 4.72 Å². The van der Waals surface area contributed by atoms with Crippen molar-refractivity contribution < 1.29 is 8.42 Å². The summed E-state index contributed by atoms with van der Waals surface area (Å²) in [6, 6.07) is 5.46. The zero-order valence-electron chi connectivity index (χ0n) is 8.04. The van der Waals surface area contributed by atoms with E-state index in [1.165, 1.54) is 0 Å². The van der Waals surface area contributed by atoms with Crippen LogP contribution in [0.5, 0.6) is 0 Å². The van der Waals surface area contributed by atoms with E-state index in [4.69, 9.17) is 0 Å². The highest BCUT2D eigenvalue weighted by molar-refractivity contribution is 9.10. The van der Waals surface area contributed by atoms with Crippen LogP contribution in [0.1, 0.15) is 11.1 Å². The highest BCUT2D eigenvalue weighted by Crippen LogP contribution is 2.15. The van der Waals surface area contributed by atoms with Gasteiger partial charge < -0.3 is 0 Å². The van der Waals surface area contributed by atoms with E-state index >= 15 is 0 Å². The minimum absolute atomic E-state index is 0.0904. The third-order valence-corrected chi connectivity index (χ3v) is 4.57. The molecule has 5 heteroatoms. The number of benzene rings is 1. The smallest absolute Gasteiger partial charge is 0.242 e. The second kappa shape index (κ2) is 4.31. The van der Waals surface area contributed by atoms with E-state index in [1.54, 1.807) is 6.07 Å². The molecule has 0 spiro atoms. The van der Waals surface area contributed by atoms with Crippen molar-refractivity contribution in [2.24, 2.45) is 0 Å². The lowest BCUT2D eigenvalue weighted by Gasteiger charge is -2.07. The molecule has 0 aromatic heterocycles. The van der Waals surface area contributed by atoms with E-state index in [0.29, 0.717) is 5.69 Å². The molecular weight excluding hydrogens is 266 g/mol. The van der Waals surface area contributed by atoms with Gasteiger partial charge in [0.05, 0.1) is 0 Å². The van der Waals surface area contributed by atoms with Crippen molar-refractivity contribution in [2.45, 2.75) is 13.8 Å². The lowest BCUT2D eigenvalue weighted by atomic mass is 10.1. The number of nitrogens with one attached hydrogen (secondary N) is 1. The summed E-state index contributed by atoms with van der Waals surface area (Å²) >= 11 is 2.91. The zero-order valence-corrected chi connectivity index (χ0v) is 10.4. The van der Waals surface area contributed by atoms with Crippen LogP contribution in [-0.2, 0) is 10.0 Å². The molecule has 0 aliphatic heterocycles. The van der Waals surface area contributed by atoms with Crippen molar-refractivity contribution >= 4 is 31.6 Å². The number of hydrogen-bond donors (Lipinski definition) is 1. The molecule has 0 bridgehead atoms. The van der Waals surface area contributed by atoms with Crippen LogP contribution in [0.2, 0.25) is 0 Å². The Labute approximate surface area is 92.7 Å². The van der Waals surface area contributed by atoms with Gasteiger partial charge in [0, 0.05) is 5.69 Å². The van der Waals surface area contributed by atoms with Gasteiger partial charge in [0.15, 0.2) is 0 Å². The number of rotatable bonds is 3. The Morgan fingerprint density at radius 2 is 1.93 bits per heavy atom. The number of alkyl halides is 1. The quantitative estimate of drug-likeness (QED) is 0.863. The Morgan fingerprint density at radius 3 is 2.43 bits per heavy atom. The number of halogens is 1. The zero-order chi connectivity index (χ0) is 10.8. The summed E-state index contributed by atoms with van der Waals surface area (Å²) in [5, 5.41) is 0. The summed E-state index contributed by atoms with van der Waals surface area (Å²) in [4.78, 5) is 0. The predicted molar refractivity (Wildman–Crippen MR) is 62.3 cm³/mol. The van der Waals surface area contributed by atoms with E-state index < -0.39 is 10.0 Å². The van der Waals surface area contributed by atoms with Crippen LogP contribution in [0.3, 0.4) is 0 Å². The molecule has 1 aromatic rings. The third-order valence-electron chi connectivity index (χ3n) is 1.92. The van der Waals surface area contributed by atoms with Gasteiger partial charge in [-0.1, -0.05) is 22.0 Å². The maximum atomic E-state index is 11.2. The van der Waals surface area contributed by atoms with Gasteiger partial charge in [0.2, 0.25) is 10.0 Å². The Bertz CT molecular complexity index is 428. The molecule has 0 aliphatic carbocycles. The molecule has 14 heavy (non-hydrogen) atoms. The van der Waals surface area contributed by atoms with Crippen LogP contribution in [0.4, 0.5) is 5.69 Å². The highest BCUT2D eigenvalue weighted by Gasteiger charge is 2.07. The fourth-order valence-electron chi connectivity index (χ4n) is 1.01. The van der Waals surface area contributed by atoms with Gasteiger partial charge in [-0.15, -0.1) is 0 Å². The van der Waals surface area contributed by atoms with Gasteiger partial charge in [-0.05, 0) is 37.1 Å². The fourth-order valence-corrected chi connectivity index (χ4v) is 1.90. The molecule has 0 amide bonds. The number of hydrogen-bond acceptors (Lipinski definition) is 2. The molecule has 1 N–H and O–H groups in total. The Kier molecular flexibility index (Phi) is 3.55. The summed E-state index contributed by atoms with van der Waals surface area (Å²) in [5.41, 5.74) is 2.82. The third kappa shape index (κ3) is 2.99. The second-order valence-electron chi connectivity index (χ2n) is 3.12. The predicted octanol–water partition coefficient (Wildman–Crippen LogP) is 2.40. The van der Waals surface area contributed by atoms with Gasteiger partial charge in [-0.2, -0.15) is 0 Å². The number of aryl methyl sites for hydroxylation is 2. The van der Waals surface area contributed by atoms with Crippen molar-refractivity contribution in [1.82, 2.24) is 0 Å². The van der Waals surface area contributed by atoms with Crippen molar-refractivity contribution in [3.63, 3.8) is 0 Å². The summed E-state index contributed by atoms with van der Waals surface area (Å²) in [5.74, 6) is 0. The van der Waals surface area contributed by atoms with Gasteiger partial charge in [0.25, 0.3) is 0 Å². The average molecular weight is 278 g/mol. The molecule has 0 fully saturated rings. The Morgan fingerprint density at radius 1 is 1.29 bits per heavy atom. The minimum Gasteiger partial charge on any atom is -0.283 e. The summed E-state index contributed by atoms with van der Waals surface area (Å²) in [7, 11) is -3.24. The SMILES string of the molecule is Cc1ccc(NS(=O)(=O)CBr)cc1C. The minimum atomic E-state index is -3.24. The molecule has 1 rings (SSSR count). The second-order valence-corrected chi connectivity index (χ2v) is 6.15. The highest BCUT2D eigenvalue weighted by atomic mass is 79.9. The van der Waals surface area contributed by atoms with Crippen LogP contribution >= 0.6 is 15.9 Å². The normalized spacial score (nSPS) is 11.4. The maximum Gasteiger partial charge on any atom is 0.242 e. The van der Waals surface area contributed by atoms with Crippen molar-refractivity contribution in [3.05, 3.63) is 29.3 Å². The number of sulfonamides is 1. The topological polar surface area (TPSA) is 46.2 Å². The monoisotopic (exact) mass is 277 g/mol. The van der Waals surface area contributed by atoms with E-state index in [-0.39, 0.29) is 4.66 Å². The standard InChI is InChI=1S/C9H12BrNO2S/c1-7-3-4-9(5-8(7)2)11-14(12,13)6-10/h3-5,11H,6H2,1-2H3.